The molecule has 2 saturated carbocycles. The third-order valence-electron chi connectivity index (χ3n) is 12.8. The van der Waals surface area contributed by atoms with Gasteiger partial charge in [-0.15, -0.1) is 0 Å². The average Bonchev–Trinajstić information content (AvgIpc) is 3.59. The Morgan fingerprint density at radius 3 is 2.41 bits per heavy atom. The molecule has 4 aliphatic carbocycles. The predicted octanol–water partition coefficient (Wildman–Crippen LogP) is 7.05. The Kier molecular flexibility index (Phi) is 10.8. The van der Waals surface area contributed by atoms with Crippen LogP contribution in [0.5, 0.6) is 34.5 Å². The van der Waals surface area contributed by atoms with Gasteiger partial charge >= 0.3 is 0 Å². The van der Waals surface area contributed by atoms with Gasteiger partial charge in [-0.2, -0.15) is 0 Å². The van der Waals surface area contributed by atoms with E-state index in [4.69, 9.17) is 15.2 Å². The predicted molar refractivity (Wildman–Crippen MR) is 212 cm³/mol. The van der Waals surface area contributed by atoms with E-state index >= 15 is 0 Å². The standard InChI is InChI=1S/C46H50N2O8/c47-25-56-40-18-27(10-12-38(40)51)9-11-37(50)35-20-30(16-28-13-14-48-23-28)34-21-32-19-31(15-26-5-2-1-3-6-26)41(43(34)44(35)53)36-22-39(52)45(54)46(42(32)36)55-24-29-7-4-8-33(49)17-29/h1-8,10,12-13,17-18,22-23,30-32,34-35,41,43-44,49,51-54H,9,11,14-16,19-21,24-25,47H2. The number of nitrogens with zero attached hydrogens (tertiary/aromatic N) is 1. The molecule has 5 aliphatic rings. The fraction of sp³-hybridized carbons (Fsp3) is 0.391. The molecule has 4 aromatic rings. The number of ketones is 1. The molecular formula is C46H50N2O8. The van der Waals surface area contributed by atoms with Crippen molar-refractivity contribution >= 4 is 12.0 Å². The number of nitrogens with two attached hydrogens (primary N) is 1. The maximum absolute atomic E-state index is 14.4. The molecule has 8 atom stereocenters. The summed E-state index contributed by atoms with van der Waals surface area (Å²) >= 11 is 0. The van der Waals surface area contributed by atoms with Crippen LogP contribution in [0.3, 0.4) is 0 Å². The molecule has 2 fully saturated rings. The molecule has 8 unspecified atom stereocenters. The average molecular weight is 759 g/mol. The number of aliphatic hydroxyl groups excluding tert-OH is 1. The van der Waals surface area contributed by atoms with Gasteiger partial charge in [0.2, 0.25) is 5.75 Å². The van der Waals surface area contributed by atoms with E-state index in [1.54, 1.807) is 42.5 Å². The summed E-state index contributed by atoms with van der Waals surface area (Å²) in [6.07, 6.45) is 7.34. The largest absolute Gasteiger partial charge is 0.508 e. The molecule has 9 rings (SSSR count). The van der Waals surface area contributed by atoms with Crippen LogP contribution in [0.25, 0.3) is 0 Å². The van der Waals surface area contributed by atoms with Gasteiger partial charge in [0.1, 0.15) is 24.9 Å². The first-order valence-electron chi connectivity index (χ1n) is 19.8. The second-order valence-electron chi connectivity index (χ2n) is 16.1. The number of phenols is 4. The zero-order valence-corrected chi connectivity index (χ0v) is 31.3. The highest BCUT2D eigenvalue weighted by Crippen LogP contribution is 2.64. The van der Waals surface area contributed by atoms with Gasteiger partial charge in [0.05, 0.1) is 12.6 Å². The van der Waals surface area contributed by atoms with Gasteiger partial charge in [0.25, 0.3) is 0 Å². The number of allylic oxidation sites excluding steroid dienone is 1. The molecule has 7 N–H and O–H groups in total. The first kappa shape index (κ1) is 37.6. The van der Waals surface area contributed by atoms with Crippen LogP contribution in [-0.4, -0.2) is 56.9 Å². The number of hydrogen-bond donors (Lipinski definition) is 6. The van der Waals surface area contributed by atoms with Crippen molar-refractivity contribution in [3.8, 4) is 34.5 Å². The van der Waals surface area contributed by atoms with Gasteiger partial charge in [0, 0.05) is 24.1 Å². The number of aliphatic imine (C=N–C) groups is 1. The lowest BCUT2D eigenvalue weighted by Crippen LogP contribution is -2.49. The van der Waals surface area contributed by atoms with Crippen molar-refractivity contribution in [2.24, 2.45) is 40.3 Å². The lowest BCUT2D eigenvalue weighted by atomic mass is 9.57. The van der Waals surface area contributed by atoms with Crippen LogP contribution in [0.4, 0.5) is 0 Å². The minimum atomic E-state index is -0.938. The van der Waals surface area contributed by atoms with E-state index in [1.165, 1.54) is 5.56 Å². The number of fused-ring (bicyclic) bond motifs is 1. The van der Waals surface area contributed by atoms with E-state index in [2.05, 4.69) is 23.2 Å². The monoisotopic (exact) mass is 758 g/mol. The van der Waals surface area contributed by atoms with Crippen LogP contribution >= 0.6 is 0 Å². The number of carbonyl (C=O) groups is 1. The van der Waals surface area contributed by atoms with Crippen molar-refractivity contribution in [1.82, 2.24) is 0 Å². The van der Waals surface area contributed by atoms with Crippen molar-refractivity contribution in [3.05, 3.63) is 118 Å². The molecule has 0 amide bonds. The summed E-state index contributed by atoms with van der Waals surface area (Å²) in [5.41, 5.74) is 11.2. The number of Topliss-reactive ketones (excluding diaryl/α,β-unsaturated/α-hetero) is 1. The number of benzene rings is 4. The highest BCUT2D eigenvalue weighted by Gasteiger charge is 2.56. The number of carbonyl (C=O) groups excluding carboxylic acids is 1. The Balaban J connectivity index is 1.18. The molecule has 292 valence electrons. The molecule has 10 nitrogen and oxygen atoms in total. The molecule has 4 aromatic carbocycles. The van der Waals surface area contributed by atoms with Crippen LogP contribution in [0.15, 0.2) is 95.5 Å². The summed E-state index contributed by atoms with van der Waals surface area (Å²) in [6, 6.07) is 23.8. The Morgan fingerprint density at radius 2 is 1.64 bits per heavy atom. The maximum Gasteiger partial charge on any atom is 0.200 e. The first-order valence-corrected chi connectivity index (χ1v) is 19.8. The molecule has 10 heteroatoms. The van der Waals surface area contributed by atoms with Crippen LogP contribution in [0.1, 0.15) is 71.8 Å². The zero-order chi connectivity index (χ0) is 38.9. The third kappa shape index (κ3) is 7.47. The smallest absolute Gasteiger partial charge is 0.200 e. The van der Waals surface area contributed by atoms with Gasteiger partial charge in [-0.25, -0.2) is 0 Å². The van der Waals surface area contributed by atoms with E-state index in [9.17, 15) is 30.3 Å². The maximum atomic E-state index is 14.4. The fourth-order valence-electron chi connectivity index (χ4n) is 10.5. The molecule has 0 spiro atoms. The highest BCUT2D eigenvalue weighted by atomic mass is 16.5. The highest BCUT2D eigenvalue weighted by molar-refractivity contribution is 5.83. The van der Waals surface area contributed by atoms with Crippen LogP contribution in [0.2, 0.25) is 0 Å². The Hall–Kier alpha value is -5.32. The quantitative estimate of drug-likeness (QED) is 0.0617. The normalized spacial score (nSPS) is 26.2. The minimum absolute atomic E-state index is 0.00768. The molecule has 1 heterocycles. The van der Waals surface area contributed by atoms with Gasteiger partial charge in [-0.05, 0) is 132 Å². The summed E-state index contributed by atoms with van der Waals surface area (Å²) in [4.78, 5) is 18.9. The number of ether oxygens (including phenoxy) is 2. The summed E-state index contributed by atoms with van der Waals surface area (Å²) in [5, 5.41) is 55.8. The number of aromatic hydroxyl groups is 4. The lowest BCUT2D eigenvalue weighted by Gasteiger charge is -2.48. The van der Waals surface area contributed by atoms with Crippen molar-refractivity contribution in [1.29, 1.82) is 0 Å². The van der Waals surface area contributed by atoms with Gasteiger partial charge in [-0.3, -0.25) is 15.5 Å². The van der Waals surface area contributed by atoms with Crippen LogP contribution in [0, 0.1) is 29.6 Å². The van der Waals surface area contributed by atoms with E-state index in [1.807, 2.05) is 30.5 Å². The van der Waals surface area contributed by atoms with Crippen LogP contribution < -0.4 is 15.2 Å². The van der Waals surface area contributed by atoms with Crippen molar-refractivity contribution < 1.29 is 39.8 Å². The molecule has 2 bridgehead atoms. The van der Waals surface area contributed by atoms with Gasteiger partial charge in [-0.1, -0.05) is 54.6 Å². The van der Waals surface area contributed by atoms with E-state index in [0.29, 0.717) is 19.4 Å². The molecule has 1 aliphatic heterocycles. The SMILES string of the molecule is NCOc1cc(CCC(=O)C2CC(CC3=CCN=C3)C3CC4CC(Cc5ccccc5)C(c5cc(O)c(O)c(OCc6cccc(O)c6)c54)C3C2O)ccc1O. The number of phenolic OH excluding ortho intramolecular Hbond substituents is 4. The molecule has 0 saturated heterocycles. The van der Waals surface area contributed by atoms with Gasteiger partial charge < -0.3 is 35.0 Å². The molecule has 0 aromatic heterocycles. The van der Waals surface area contributed by atoms with E-state index < -0.39 is 12.0 Å². The zero-order valence-electron chi connectivity index (χ0n) is 31.3. The van der Waals surface area contributed by atoms with Crippen molar-refractivity contribution in [2.45, 2.75) is 69.5 Å². The number of rotatable bonds is 13. The lowest BCUT2D eigenvalue weighted by molar-refractivity contribution is -0.135. The minimum Gasteiger partial charge on any atom is -0.508 e. The number of aliphatic hydroxyl groups is 1. The second-order valence-corrected chi connectivity index (χ2v) is 16.1. The third-order valence-corrected chi connectivity index (χ3v) is 12.8. The summed E-state index contributed by atoms with van der Waals surface area (Å²) in [6.45, 7) is 0.623. The van der Waals surface area contributed by atoms with Crippen molar-refractivity contribution in [3.63, 3.8) is 0 Å². The number of hydrogen-bond acceptors (Lipinski definition) is 10. The Morgan fingerprint density at radius 1 is 0.821 bits per heavy atom. The van der Waals surface area contributed by atoms with E-state index in [-0.39, 0.29) is 95.5 Å². The first-order chi connectivity index (χ1) is 27.2. The molecular weight excluding hydrogens is 709 g/mol. The molecule has 56 heavy (non-hydrogen) atoms. The molecule has 0 radical (unpaired) electrons. The summed E-state index contributed by atoms with van der Waals surface area (Å²) in [5.74, 6) is -0.990. The number of aryl methyl sites for hydroxylation is 1. The van der Waals surface area contributed by atoms with Crippen molar-refractivity contribution in [2.75, 3.05) is 13.3 Å². The van der Waals surface area contributed by atoms with Crippen LogP contribution in [-0.2, 0) is 24.2 Å². The second kappa shape index (κ2) is 16.0. The Labute approximate surface area is 327 Å². The van der Waals surface area contributed by atoms with Gasteiger partial charge in [0.15, 0.2) is 23.0 Å². The van der Waals surface area contributed by atoms with E-state index in [0.717, 1.165) is 53.5 Å². The fourth-order valence-corrected chi connectivity index (χ4v) is 10.5. The summed E-state index contributed by atoms with van der Waals surface area (Å²) in [7, 11) is 0. The topological polar surface area (TPSA) is 175 Å². The summed E-state index contributed by atoms with van der Waals surface area (Å²) < 4.78 is 11.8. The Bertz CT molecular complexity index is 2130.